The molecule has 1 aliphatic carbocycles. The third kappa shape index (κ3) is 9.49. The number of aliphatic hydroxyl groups excluding tert-OH is 3. The van der Waals surface area contributed by atoms with Crippen LogP contribution >= 0.6 is 0 Å². The van der Waals surface area contributed by atoms with Gasteiger partial charge in [0.05, 0.1) is 49.3 Å². The van der Waals surface area contributed by atoms with E-state index in [1.54, 1.807) is 18.2 Å². The first-order valence-corrected chi connectivity index (χ1v) is 17.1. The summed E-state index contributed by atoms with van der Waals surface area (Å²) in [6.07, 6.45) is 28.6. The molecule has 3 fully saturated rings. The van der Waals surface area contributed by atoms with E-state index in [1.807, 2.05) is 36.5 Å². The van der Waals surface area contributed by atoms with Crippen LogP contribution in [0.4, 0.5) is 0 Å². The number of carbonyl (C=O) groups excluding carboxylic acids is 1. The third-order valence-corrected chi connectivity index (χ3v) is 10.2. The molecule has 0 aromatic rings. The maximum Gasteiger partial charge on any atom is 0.331 e. The average molecular weight is 637 g/mol. The molecule has 5 aliphatic heterocycles. The first kappa shape index (κ1) is 34.7. The zero-order chi connectivity index (χ0) is 32.5. The maximum atomic E-state index is 12.2. The molecular weight excluding hydrogens is 584 g/mol. The van der Waals surface area contributed by atoms with E-state index in [4.69, 9.17) is 18.9 Å². The predicted octanol–water partition coefficient (Wildman–Crippen LogP) is 5.07. The van der Waals surface area contributed by atoms with Crippen molar-refractivity contribution in [3.8, 4) is 0 Å². The van der Waals surface area contributed by atoms with Gasteiger partial charge in [0.1, 0.15) is 12.2 Å². The van der Waals surface area contributed by atoms with Crippen LogP contribution in [0, 0.1) is 23.7 Å². The summed E-state index contributed by atoms with van der Waals surface area (Å²) in [6, 6.07) is 0. The second-order valence-corrected chi connectivity index (χ2v) is 13.5. The van der Waals surface area contributed by atoms with Crippen LogP contribution in [0.25, 0.3) is 0 Å². The molecule has 2 saturated heterocycles. The molecule has 1 saturated carbocycles. The number of esters is 1. The van der Waals surface area contributed by atoms with E-state index in [2.05, 4.69) is 38.2 Å². The molecule has 0 aromatic carbocycles. The van der Waals surface area contributed by atoms with Gasteiger partial charge in [-0.05, 0) is 62.4 Å². The molecule has 13 atom stereocenters. The minimum atomic E-state index is -0.974. The second-order valence-electron chi connectivity index (χ2n) is 13.5. The van der Waals surface area contributed by atoms with Crippen LogP contribution in [0.1, 0.15) is 58.8 Å². The van der Waals surface area contributed by atoms with Crippen LogP contribution in [-0.2, 0) is 23.7 Å². The maximum absolute atomic E-state index is 12.2. The van der Waals surface area contributed by atoms with Crippen molar-refractivity contribution >= 4 is 5.97 Å². The van der Waals surface area contributed by atoms with Crippen LogP contribution < -0.4 is 0 Å². The molecule has 6 aliphatic rings. The molecular formula is C38H52O8. The van der Waals surface area contributed by atoms with Crippen molar-refractivity contribution in [2.24, 2.45) is 23.7 Å². The van der Waals surface area contributed by atoms with Gasteiger partial charge in [0.25, 0.3) is 0 Å². The first-order chi connectivity index (χ1) is 22.3. The fourth-order valence-electron chi connectivity index (χ4n) is 7.21. The van der Waals surface area contributed by atoms with E-state index >= 15 is 0 Å². The number of hydrogen-bond acceptors (Lipinski definition) is 8. The smallest absolute Gasteiger partial charge is 0.331 e. The molecule has 5 heterocycles. The van der Waals surface area contributed by atoms with E-state index in [-0.39, 0.29) is 54.2 Å². The Labute approximate surface area is 273 Å². The van der Waals surface area contributed by atoms with Gasteiger partial charge < -0.3 is 34.3 Å². The van der Waals surface area contributed by atoms with Gasteiger partial charge in [0, 0.05) is 18.4 Å². The topological polar surface area (TPSA) is 115 Å². The van der Waals surface area contributed by atoms with Crippen LogP contribution in [-0.4, -0.2) is 82.8 Å². The number of hydrogen-bond donors (Lipinski definition) is 3. The number of carbonyl (C=O) groups is 1. The average Bonchev–Trinajstić information content (AvgIpc) is 3.39. The summed E-state index contributed by atoms with van der Waals surface area (Å²) in [5.74, 6) is -0.0821. The Balaban J connectivity index is 1.25. The quantitative estimate of drug-likeness (QED) is 0.250. The van der Waals surface area contributed by atoms with Gasteiger partial charge >= 0.3 is 5.97 Å². The van der Waals surface area contributed by atoms with Crippen molar-refractivity contribution in [3.05, 3.63) is 85.1 Å². The molecule has 0 aromatic heterocycles. The van der Waals surface area contributed by atoms with Gasteiger partial charge in [0.2, 0.25) is 0 Å². The lowest BCUT2D eigenvalue weighted by atomic mass is 9.69. The summed E-state index contributed by atoms with van der Waals surface area (Å²) in [7, 11) is 0. The lowest BCUT2D eigenvalue weighted by Gasteiger charge is -2.40. The molecule has 3 N–H and O–H groups in total. The Kier molecular flexibility index (Phi) is 12.8. The van der Waals surface area contributed by atoms with Crippen molar-refractivity contribution in [2.45, 2.75) is 114 Å². The molecule has 0 radical (unpaired) electrons. The van der Waals surface area contributed by atoms with Crippen molar-refractivity contribution in [2.75, 3.05) is 6.61 Å². The minimum Gasteiger partial charge on any atom is -0.452 e. The third-order valence-electron chi connectivity index (χ3n) is 10.2. The van der Waals surface area contributed by atoms with E-state index in [0.717, 1.165) is 38.5 Å². The molecule has 8 heteroatoms. The number of aliphatic hydroxyl groups is 3. The van der Waals surface area contributed by atoms with Crippen molar-refractivity contribution < 1.29 is 39.1 Å². The van der Waals surface area contributed by atoms with Crippen LogP contribution in [0.2, 0.25) is 0 Å². The molecule has 8 nitrogen and oxygen atoms in total. The highest BCUT2D eigenvalue weighted by Crippen LogP contribution is 2.40. The molecule has 9 unspecified atom stereocenters. The number of allylic oxidation sites excluding steroid dienone is 7. The lowest BCUT2D eigenvalue weighted by molar-refractivity contribution is -0.144. The molecule has 0 spiro atoms. The zero-order valence-electron chi connectivity index (χ0n) is 27.1. The second kappa shape index (κ2) is 17.0. The van der Waals surface area contributed by atoms with Crippen molar-refractivity contribution in [3.63, 3.8) is 0 Å². The SMILES string of the molecule is CC1C(O)CC2CC1C/C=C/[C@@H]1O[C@H]3CC(OC3/C=C/C=C\C=C/C(=O)O[C@H]3C=CC(C/C=C/CC/C=C/[C@H](O)C2O)OC3)C1C. The van der Waals surface area contributed by atoms with Gasteiger partial charge in [-0.25, -0.2) is 4.79 Å². The summed E-state index contributed by atoms with van der Waals surface area (Å²) >= 11 is 0. The van der Waals surface area contributed by atoms with Gasteiger partial charge in [-0.2, -0.15) is 0 Å². The summed E-state index contributed by atoms with van der Waals surface area (Å²) in [5.41, 5.74) is 0. The van der Waals surface area contributed by atoms with Crippen LogP contribution in [0.5, 0.6) is 0 Å². The highest BCUT2D eigenvalue weighted by molar-refractivity contribution is 5.82. The monoisotopic (exact) mass is 636 g/mol. The number of fused-ring (bicyclic) bond motifs is 13. The van der Waals surface area contributed by atoms with Crippen molar-refractivity contribution in [1.82, 2.24) is 0 Å². The Morgan fingerprint density at radius 3 is 2.28 bits per heavy atom. The number of ether oxygens (including phenoxy) is 4. The standard InChI is InChI=1S/C38H52O8/c1-25-27-13-12-17-33-26(2)35-23-36(45-33)34(46-35)16-10-6-7-11-18-37(41)44-30-20-19-29(43-24-30)14-8-4-3-5-9-15-31(39)38(42)28(21-27)22-32(25)40/h4,6-12,15-20,25-36,38-40,42H,3,5,13-14,21-24H2,1-2H3/b7-6-,8-4+,15-9+,16-10+,17-12+,18-11-/t25?,26?,27?,28?,29?,30-,31-,32?,33-,34?,35?,36-,38?/m0/s1. The van der Waals surface area contributed by atoms with E-state index < -0.39 is 30.4 Å². The van der Waals surface area contributed by atoms with E-state index in [1.165, 1.54) is 6.08 Å². The van der Waals surface area contributed by atoms with Crippen LogP contribution in [0.3, 0.4) is 0 Å². The normalized spacial score (nSPS) is 46.8. The Bertz CT molecular complexity index is 1200. The largest absolute Gasteiger partial charge is 0.452 e. The molecule has 46 heavy (non-hydrogen) atoms. The Hall–Kier alpha value is -2.59. The van der Waals surface area contributed by atoms with Crippen molar-refractivity contribution in [1.29, 1.82) is 0 Å². The fraction of sp³-hybridized carbons (Fsp3) is 0.605. The molecule has 252 valence electrons. The first-order valence-electron chi connectivity index (χ1n) is 17.1. The van der Waals surface area contributed by atoms with E-state index in [9.17, 15) is 20.1 Å². The highest BCUT2D eigenvalue weighted by Gasteiger charge is 2.45. The predicted molar refractivity (Wildman–Crippen MR) is 177 cm³/mol. The van der Waals surface area contributed by atoms with Gasteiger partial charge in [-0.1, -0.05) is 86.8 Å². The molecule has 6 rings (SSSR count). The fourth-order valence-corrected chi connectivity index (χ4v) is 7.21. The summed E-state index contributed by atoms with van der Waals surface area (Å²) in [4.78, 5) is 12.2. The summed E-state index contributed by atoms with van der Waals surface area (Å²) in [5, 5.41) is 32.6. The molecule has 0 amide bonds. The molecule has 7 bridgehead atoms. The van der Waals surface area contributed by atoms with Gasteiger partial charge in [-0.15, -0.1) is 0 Å². The number of rotatable bonds is 0. The minimum absolute atomic E-state index is 0.0266. The highest BCUT2D eigenvalue weighted by atomic mass is 16.6. The summed E-state index contributed by atoms with van der Waals surface area (Å²) in [6.45, 7) is 4.56. The Morgan fingerprint density at radius 2 is 1.46 bits per heavy atom. The van der Waals surface area contributed by atoms with Gasteiger partial charge in [0.15, 0.2) is 0 Å². The van der Waals surface area contributed by atoms with Crippen LogP contribution in [0.15, 0.2) is 85.1 Å². The summed E-state index contributed by atoms with van der Waals surface area (Å²) < 4.78 is 24.1. The lowest BCUT2D eigenvalue weighted by Crippen LogP contribution is -2.42. The van der Waals surface area contributed by atoms with Gasteiger partial charge in [-0.3, -0.25) is 0 Å². The van der Waals surface area contributed by atoms with E-state index in [0.29, 0.717) is 13.0 Å². The Morgan fingerprint density at radius 1 is 0.674 bits per heavy atom. The zero-order valence-corrected chi connectivity index (χ0v) is 27.1.